The lowest BCUT2D eigenvalue weighted by molar-refractivity contribution is 0.139. The Morgan fingerprint density at radius 2 is 2.45 bits per heavy atom. The number of hydrogen-bond acceptors (Lipinski definition) is 2. The summed E-state index contributed by atoms with van der Waals surface area (Å²) in [7, 11) is 1.70. The molecule has 3 nitrogen and oxygen atoms in total. The van der Waals surface area contributed by atoms with Crippen LogP contribution in [0.2, 0.25) is 0 Å². The van der Waals surface area contributed by atoms with E-state index in [4.69, 9.17) is 4.74 Å². The fourth-order valence-corrected chi connectivity index (χ4v) is 1.26. The van der Waals surface area contributed by atoms with Gasteiger partial charge in [0.05, 0.1) is 11.4 Å². The molecule has 3 heteroatoms. The summed E-state index contributed by atoms with van der Waals surface area (Å²) in [6, 6.07) is 1.99. The summed E-state index contributed by atoms with van der Waals surface area (Å²) in [6.45, 7) is 0. The lowest BCUT2D eigenvalue weighted by atomic mass is 10.2. The summed E-state index contributed by atoms with van der Waals surface area (Å²) in [6.07, 6.45) is 5.83. The summed E-state index contributed by atoms with van der Waals surface area (Å²) in [5.41, 5.74) is 2.19. The molecule has 1 aromatic heterocycles. The molecule has 1 unspecified atom stereocenters. The molecule has 0 spiro atoms. The van der Waals surface area contributed by atoms with Crippen LogP contribution >= 0.6 is 0 Å². The number of fused-ring (bicyclic) bond motifs is 1. The van der Waals surface area contributed by atoms with Gasteiger partial charge in [-0.2, -0.15) is 0 Å². The average Bonchev–Trinajstić information content (AvgIpc) is 2.50. The van der Waals surface area contributed by atoms with Gasteiger partial charge in [0.15, 0.2) is 0 Å². The summed E-state index contributed by atoms with van der Waals surface area (Å²) >= 11 is 0. The Labute approximate surface area is 65.1 Å². The monoisotopic (exact) mass is 150 g/mol. The zero-order valence-electron chi connectivity index (χ0n) is 6.29. The van der Waals surface area contributed by atoms with E-state index in [0.29, 0.717) is 0 Å². The maximum absolute atomic E-state index is 5.22. The Bertz CT molecular complexity index is 277. The molecule has 0 saturated heterocycles. The third kappa shape index (κ3) is 0.935. The number of aromatic amines is 1. The predicted octanol–water partition coefficient (Wildman–Crippen LogP) is 1.64. The van der Waals surface area contributed by atoms with Crippen molar-refractivity contribution in [2.24, 2.45) is 0 Å². The van der Waals surface area contributed by atoms with Gasteiger partial charge >= 0.3 is 0 Å². The maximum atomic E-state index is 5.22. The number of anilines is 1. The van der Waals surface area contributed by atoms with Crippen LogP contribution in [0.15, 0.2) is 24.5 Å². The second-order valence-electron chi connectivity index (χ2n) is 2.46. The molecule has 2 heterocycles. The topological polar surface area (TPSA) is 37.0 Å². The van der Waals surface area contributed by atoms with Crippen molar-refractivity contribution in [3.8, 4) is 0 Å². The first kappa shape index (κ1) is 6.49. The number of H-pyrrole nitrogens is 1. The van der Waals surface area contributed by atoms with Crippen molar-refractivity contribution in [1.82, 2.24) is 4.98 Å². The third-order valence-electron chi connectivity index (χ3n) is 1.83. The van der Waals surface area contributed by atoms with Crippen LogP contribution in [0.1, 0.15) is 11.8 Å². The van der Waals surface area contributed by atoms with E-state index in [1.165, 1.54) is 0 Å². The van der Waals surface area contributed by atoms with E-state index >= 15 is 0 Å². The zero-order valence-corrected chi connectivity index (χ0v) is 6.29. The highest BCUT2D eigenvalue weighted by molar-refractivity contribution is 5.54. The molecule has 0 bridgehead atoms. The van der Waals surface area contributed by atoms with Crippen LogP contribution in [0.4, 0.5) is 5.69 Å². The molecule has 58 valence electrons. The van der Waals surface area contributed by atoms with Crippen molar-refractivity contribution in [3.05, 3.63) is 30.2 Å². The zero-order chi connectivity index (χ0) is 7.68. The Hall–Kier alpha value is -1.22. The highest BCUT2D eigenvalue weighted by Crippen LogP contribution is 2.27. The average molecular weight is 150 g/mol. The number of nitrogens with one attached hydrogen (secondary N) is 2. The van der Waals surface area contributed by atoms with Gasteiger partial charge in [-0.1, -0.05) is 0 Å². The minimum absolute atomic E-state index is 0.0706. The van der Waals surface area contributed by atoms with Crippen molar-refractivity contribution in [2.45, 2.75) is 6.10 Å². The van der Waals surface area contributed by atoms with Crippen LogP contribution in [-0.4, -0.2) is 12.1 Å². The fourth-order valence-electron chi connectivity index (χ4n) is 1.26. The Kier molecular flexibility index (Phi) is 1.43. The SMILES string of the molecule is COC1C=CNc2cc[nH]c21. The van der Waals surface area contributed by atoms with Crippen LogP contribution in [0.25, 0.3) is 0 Å². The van der Waals surface area contributed by atoms with Gasteiger partial charge < -0.3 is 15.0 Å². The Morgan fingerprint density at radius 3 is 3.27 bits per heavy atom. The van der Waals surface area contributed by atoms with Crippen molar-refractivity contribution < 1.29 is 4.74 Å². The van der Waals surface area contributed by atoms with Crippen molar-refractivity contribution in [2.75, 3.05) is 12.4 Å². The maximum Gasteiger partial charge on any atom is 0.119 e. The van der Waals surface area contributed by atoms with Gasteiger partial charge in [0.2, 0.25) is 0 Å². The minimum atomic E-state index is 0.0706. The highest BCUT2D eigenvalue weighted by Gasteiger charge is 2.15. The normalized spacial score (nSPS) is 21.0. The molecule has 0 saturated carbocycles. The van der Waals surface area contributed by atoms with E-state index in [0.717, 1.165) is 11.4 Å². The van der Waals surface area contributed by atoms with Crippen molar-refractivity contribution >= 4 is 5.69 Å². The molecule has 1 aromatic rings. The molecule has 0 amide bonds. The van der Waals surface area contributed by atoms with Gasteiger partial charge in [-0.15, -0.1) is 0 Å². The van der Waals surface area contributed by atoms with Crippen molar-refractivity contribution in [3.63, 3.8) is 0 Å². The quantitative estimate of drug-likeness (QED) is 0.638. The molecule has 0 radical (unpaired) electrons. The molecular formula is C8H10N2O. The molecule has 0 aliphatic carbocycles. The van der Waals surface area contributed by atoms with Gasteiger partial charge in [0, 0.05) is 19.5 Å². The summed E-state index contributed by atoms with van der Waals surface area (Å²) < 4.78 is 5.22. The lowest BCUT2D eigenvalue weighted by Gasteiger charge is -2.16. The van der Waals surface area contributed by atoms with E-state index < -0.39 is 0 Å². The van der Waals surface area contributed by atoms with Crippen LogP contribution in [0, 0.1) is 0 Å². The van der Waals surface area contributed by atoms with Crippen molar-refractivity contribution in [1.29, 1.82) is 0 Å². The minimum Gasteiger partial charge on any atom is -0.371 e. The first-order valence-electron chi connectivity index (χ1n) is 3.55. The van der Waals surface area contributed by atoms with Gasteiger partial charge in [-0.25, -0.2) is 0 Å². The molecular weight excluding hydrogens is 140 g/mol. The van der Waals surface area contributed by atoms with E-state index in [2.05, 4.69) is 10.3 Å². The summed E-state index contributed by atoms with van der Waals surface area (Å²) in [5, 5.41) is 3.12. The van der Waals surface area contributed by atoms with E-state index in [1.54, 1.807) is 7.11 Å². The van der Waals surface area contributed by atoms with Gasteiger partial charge in [-0.05, 0) is 12.1 Å². The first-order chi connectivity index (χ1) is 5.42. The predicted molar refractivity (Wildman–Crippen MR) is 43.3 cm³/mol. The standard InChI is InChI=1S/C8H10N2O/c1-11-7-3-5-9-6-2-4-10-8(6)7/h2-5,7,9-10H,1H3. The first-order valence-corrected chi connectivity index (χ1v) is 3.55. The van der Waals surface area contributed by atoms with Crippen LogP contribution in [-0.2, 0) is 4.74 Å². The fraction of sp³-hybridized carbons (Fsp3) is 0.250. The third-order valence-corrected chi connectivity index (χ3v) is 1.83. The molecule has 1 aliphatic heterocycles. The number of hydrogen-bond donors (Lipinski definition) is 2. The largest absolute Gasteiger partial charge is 0.371 e. The molecule has 1 aliphatic rings. The molecule has 0 aromatic carbocycles. The van der Waals surface area contributed by atoms with Gasteiger partial charge in [-0.3, -0.25) is 0 Å². The number of aromatic nitrogens is 1. The van der Waals surface area contributed by atoms with Crippen LogP contribution in [0.5, 0.6) is 0 Å². The van der Waals surface area contributed by atoms with Crippen LogP contribution < -0.4 is 5.32 Å². The van der Waals surface area contributed by atoms with E-state index in [-0.39, 0.29) is 6.10 Å². The smallest absolute Gasteiger partial charge is 0.119 e. The second-order valence-corrected chi connectivity index (χ2v) is 2.46. The molecule has 0 fully saturated rings. The van der Waals surface area contributed by atoms with E-state index in [1.807, 2.05) is 24.5 Å². The molecule has 1 atom stereocenters. The van der Waals surface area contributed by atoms with Gasteiger partial charge in [0.1, 0.15) is 6.10 Å². The summed E-state index contributed by atoms with van der Waals surface area (Å²) in [4.78, 5) is 3.12. The highest BCUT2D eigenvalue weighted by atomic mass is 16.5. The Balaban J connectivity index is 2.38. The molecule has 11 heavy (non-hydrogen) atoms. The summed E-state index contributed by atoms with van der Waals surface area (Å²) in [5.74, 6) is 0. The Morgan fingerprint density at radius 1 is 1.55 bits per heavy atom. The molecule has 2 N–H and O–H groups in total. The number of methoxy groups -OCH3 is 1. The van der Waals surface area contributed by atoms with Gasteiger partial charge in [0.25, 0.3) is 0 Å². The van der Waals surface area contributed by atoms with E-state index in [9.17, 15) is 0 Å². The second kappa shape index (κ2) is 2.43. The van der Waals surface area contributed by atoms with Crippen LogP contribution in [0.3, 0.4) is 0 Å². The number of rotatable bonds is 1. The molecule has 2 rings (SSSR count). The number of ether oxygens (including phenoxy) is 1. The lowest BCUT2D eigenvalue weighted by Crippen LogP contribution is -2.06.